The van der Waals surface area contributed by atoms with Crippen LogP contribution in [0.1, 0.15) is 11.3 Å². The van der Waals surface area contributed by atoms with Gasteiger partial charge in [0.15, 0.2) is 5.82 Å². The number of anilines is 1. The first kappa shape index (κ1) is 12.4. The third-order valence-corrected chi connectivity index (χ3v) is 3.48. The third-order valence-electron chi connectivity index (χ3n) is 3.48. The van der Waals surface area contributed by atoms with E-state index in [0.717, 1.165) is 28.1 Å². The Bertz CT molecular complexity index is 759. The lowest BCUT2D eigenvalue weighted by Crippen LogP contribution is -1.92. The van der Waals surface area contributed by atoms with Crippen LogP contribution in [0.5, 0.6) is 0 Å². The molecule has 20 heavy (non-hydrogen) atoms. The van der Waals surface area contributed by atoms with Gasteiger partial charge in [0.1, 0.15) is 0 Å². The number of H-pyrrole nitrogens is 1. The van der Waals surface area contributed by atoms with Gasteiger partial charge >= 0.3 is 0 Å². The van der Waals surface area contributed by atoms with E-state index < -0.39 is 0 Å². The molecular weight excluding hydrogens is 248 g/mol. The SMILES string of the molecule is Cc1ccccc1-c1c(N)n[nH]c1-c1cccnc1C. The molecule has 0 unspecified atom stereocenters. The van der Waals surface area contributed by atoms with Gasteiger partial charge in [-0.2, -0.15) is 5.10 Å². The van der Waals surface area contributed by atoms with Gasteiger partial charge in [-0.15, -0.1) is 0 Å². The zero-order valence-electron chi connectivity index (χ0n) is 11.5. The second kappa shape index (κ2) is 4.81. The summed E-state index contributed by atoms with van der Waals surface area (Å²) in [5.74, 6) is 0.512. The van der Waals surface area contributed by atoms with Crippen LogP contribution in [-0.4, -0.2) is 15.2 Å². The minimum Gasteiger partial charge on any atom is -0.382 e. The zero-order chi connectivity index (χ0) is 14.1. The minimum absolute atomic E-state index is 0.512. The van der Waals surface area contributed by atoms with Gasteiger partial charge in [-0.25, -0.2) is 0 Å². The van der Waals surface area contributed by atoms with Crippen molar-refractivity contribution in [3.05, 3.63) is 53.9 Å². The quantitative estimate of drug-likeness (QED) is 0.746. The molecule has 100 valence electrons. The van der Waals surface area contributed by atoms with E-state index in [1.165, 1.54) is 5.56 Å². The number of hydrogen-bond acceptors (Lipinski definition) is 3. The molecule has 0 aliphatic carbocycles. The van der Waals surface area contributed by atoms with E-state index in [2.05, 4.69) is 34.2 Å². The smallest absolute Gasteiger partial charge is 0.153 e. The second-order valence-corrected chi connectivity index (χ2v) is 4.81. The highest BCUT2D eigenvalue weighted by Crippen LogP contribution is 2.36. The molecule has 0 radical (unpaired) electrons. The molecule has 0 saturated carbocycles. The normalized spacial score (nSPS) is 10.7. The van der Waals surface area contributed by atoms with Crippen LogP contribution >= 0.6 is 0 Å². The average Bonchev–Trinajstić information content (AvgIpc) is 2.82. The number of aryl methyl sites for hydroxylation is 2. The first-order valence-corrected chi connectivity index (χ1v) is 6.50. The molecule has 3 aromatic rings. The molecule has 3 rings (SSSR count). The van der Waals surface area contributed by atoms with Crippen LogP contribution in [0.15, 0.2) is 42.6 Å². The molecule has 0 amide bonds. The van der Waals surface area contributed by atoms with Crippen molar-refractivity contribution in [3.63, 3.8) is 0 Å². The number of aromatic nitrogens is 3. The summed E-state index contributed by atoms with van der Waals surface area (Å²) in [6, 6.07) is 12.1. The number of nitrogen functional groups attached to an aromatic ring is 1. The van der Waals surface area contributed by atoms with Crippen LogP contribution < -0.4 is 5.73 Å². The predicted octanol–water partition coefficient (Wildman–Crippen LogP) is 3.34. The molecule has 0 fully saturated rings. The summed E-state index contributed by atoms with van der Waals surface area (Å²) >= 11 is 0. The summed E-state index contributed by atoms with van der Waals surface area (Å²) in [7, 11) is 0. The van der Waals surface area contributed by atoms with Crippen molar-refractivity contribution >= 4 is 5.82 Å². The summed E-state index contributed by atoms with van der Waals surface area (Å²) < 4.78 is 0. The van der Waals surface area contributed by atoms with Gasteiger partial charge in [-0.1, -0.05) is 24.3 Å². The molecule has 0 bridgehead atoms. The highest BCUT2D eigenvalue weighted by Gasteiger charge is 2.17. The molecule has 0 saturated heterocycles. The Morgan fingerprint density at radius 2 is 1.75 bits per heavy atom. The van der Waals surface area contributed by atoms with Crippen LogP contribution in [0.25, 0.3) is 22.4 Å². The lowest BCUT2D eigenvalue weighted by Gasteiger charge is -2.09. The lowest BCUT2D eigenvalue weighted by molar-refractivity contribution is 1.09. The molecule has 1 aromatic carbocycles. The molecule has 0 atom stereocenters. The Morgan fingerprint density at radius 3 is 2.50 bits per heavy atom. The minimum atomic E-state index is 0.512. The van der Waals surface area contributed by atoms with Crippen molar-refractivity contribution in [2.24, 2.45) is 0 Å². The maximum atomic E-state index is 6.07. The number of nitrogens with zero attached hydrogens (tertiary/aromatic N) is 2. The first-order chi connectivity index (χ1) is 9.68. The molecule has 2 aromatic heterocycles. The number of nitrogens with two attached hydrogens (primary N) is 1. The maximum absolute atomic E-state index is 6.07. The topological polar surface area (TPSA) is 67.6 Å². The van der Waals surface area contributed by atoms with Crippen molar-refractivity contribution < 1.29 is 0 Å². The van der Waals surface area contributed by atoms with E-state index in [1.807, 2.05) is 31.2 Å². The third kappa shape index (κ3) is 1.95. The molecule has 0 aliphatic rings. The monoisotopic (exact) mass is 264 g/mol. The van der Waals surface area contributed by atoms with Gasteiger partial charge in [-0.3, -0.25) is 10.1 Å². The van der Waals surface area contributed by atoms with Gasteiger partial charge in [-0.05, 0) is 37.1 Å². The van der Waals surface area contributed by atoms with Crippen LogP contribution in [0.3, 0.4) is 0 Å². The van der Waals surface area contributed by atoms with Crippen molar-refractivity contribution in [2.45, 2.75) is 13.8 Å². The summed E-state index contributed by atoms with van der Waals surface area (Å²) in [6.07, 6.45) is 1.78. The lowest BCUT2D eigenvalue weighted by atomic mass is 9.97. The van der Waals surface area contributed by atoms with Gasteiger partial charge < -0.3 is 5.73 Å². The molecule has 0 spiro atoms. The highest BCUT2D eigenvalue weighted by molar-refractivity contribution is 5.89. The Labute approximate surface area is 117 Å². The fourth-order valence-corrected chi connectivity index (χ4v) is 2.43. The van der Waals surface area contributed by atoms with E-state index in [1.54, 1.807) is 6.20 Å². The van der Waals surface area contributed by atoms with Gasteiger partial charge in [0.05, 0.1) is 11.3 Å². The van der Waals surface area contributed by atoms with E-state index in [-0.39, 0.29) is 0 Å². The standard InChI is InChI=1S/C16H16N4/c1-10-6-3-4-7-12(10)14-15(19-20-16(14)17)13-8-5-9-18-11(13)2/h3-9H,1-2H3,(H3,17,19,20). The molecule has 4 nitrogen and oxygen atoms in total. The maximum Gasteiger partial charge on any atom is 0.153 e. The average molecular weight is 264 g/mol. The zero-order valence-corrected chi connectivity index (χ0v) is 11.5. The number of aromatic amines is 1. The van der Waals surface area contributed by atoms with Crippen LogP contribution in [-0.2, 0) is 0 Å². The van der Waals surface area contributed by atoms with Gasteiger partial charge in [0.2, 0.25) is 0 Å². The summed E-state index contributed by atoms with van der Waals surface area (Å²) in [4.78, 5) is 4.33. The molecular formula is C16H16N4. The largest absolute Gasteiger partial charge is 0.382 e. The van der Waals surface area contributed by atoms with Crippen LogP contribution in [0.2, 0.25) is 0 Å². The van der Waals surface area contributed by atoms with Crippen LogP contribution in [0.4, 0.5) is 5.82 Å². The number of pyridine rings is 1. The molecule has 2 heterocycles. The fourth-order valence-electron chi connectivity index (χ4n) is 2.43. The molecule has 4 heteroatoms. The number of benzene rings is 1. The van der Waals surface area contributed by atoms with E-state index in [4.69, 9.17) is 5.73 Å². The highest BCUT2D eigenvalue weighted by atomic mass is 15.2. The second-order valence-electron chi connectivity index (χ2n) is 4.81. The molecule has 0 aliphatic heterocycles. The van der Waals surface area contributed by atoms with E-state index in [0.29, 0.717) is 5.82 Å². The van der Waals surface area contributed by atoms with Crippen molar-refractivity contribution in [1.82, 2.24) is 15.2 Å². The van der Waals surface area contributed by atoms with Gasteiger partial charge in [0.25, 0.3) is 0 Å². The van der Waals surface area contributed by atoms with E-state index >= 15 is 0 Å². The number of hydrogen-bond donors (Lipinski definition) is 2. The van der Waals surface area contributed by atoms with Crippen LogP contribution in [0, 0.1) is 13.8 Å². The Balaban J connectivity index is 2.26. The first-order valence-electron chi connectivity index (χ1n) is 6.50. The fraction of sp³-hybridized carbons (Fsp3) is 0.125. The Hall–Kier alpha value is -2.62. The Morgan fingerprint density at radius 1 is 1.00 bits per heavy atom. The predicted molar refractivity (Wildman–Crippen MR) is 81.1 cm³/mol. The van der Waals surface area contributed by atoms with Crippen molar-refractivity contribution in [1.29, 1.82) is 0 Å². The Kier molecular flexibility index (Phi) is 2.99. The van der Waals surface area contributed by atoms with E-state index in [9.17, 15) is 0 Å². The van der Waals surface area contributed by atoms with Gasteiger partial charge in [0, 0.05) is 17.5 Å². The summed E-state index contributed by atoms with van der Waals surface area (Å²) in [6.45, 7) is 4.05. The summed E-state index contributed by atoms with van der Waals surface area (Å²) in [5, 5.41) is 7.22. The molecule has 3 N–H and O–H groups in total. The number of nitrogens with one attached hydrogen (secondary N) is 1. The number of rotatable bonds is 2. The summed E-state index contributed by atoms with van der Waals surface area (Å²) in [5.41, 5.74) is 12.2. The van der Waals surface area contributed by atoms with Crippen molar-refractivity contribution in [3.8, 4) is 22.4 Å². The van der Waals surface area contributed by atoms with Crippen molar-refractivity contribution in [2.75, 3.05) is 5.73 Å².